The van der Waals surface area contributed by atoms with Gasteiger partial charge in [0.25, 0.3) is 0 Å². The molecule has 1 saturated heterocycles. The smallest absolute Gasteiger partial charge is 0.00760 e. The van der Waals surface area contributed by atoms with Crippen molar-refractivity contribution in [3.05, 3.63) is 0 Å². The maximum absolute atomic E-state index is 3.62. The van der Waals surface area contributed by atoms with Crippen LogP contribution in [0.1, 0.15) is 39.0 Å². The van der Waals surface area contributed by atoms with Crippen molar-refractivity contribution in [3.63, 3.8) is 0 Å². The first-order valence-corrected chi connectivity index (χ1v) is 7.77. The van der Waals surface area contributed by atoms with Gasteiger partial charge >= 0.3 is 0 Å². The number of rotatable bonds is 7. The number of likely N-dealkylation sites (tertiary alicyclic amines) is 1. The van der Waals surface area contributed by atoms with Crippen LogP contribution in [-0.4, -0.2) is 62.2 Å². The molecule has 1 heterocycles. The minimum atomic E-state index is 0.718. The number of hydrogen-bond acceptors (Lipinski definition) is 3. The Balaban J connectivity index is 1.58. The fraction of sp³-hybridized carbons (Fsp3) is 1.00. The molecule has 3 nitrogen and oxygen atoms in total. The molecule has 0 amide bonds. The van der Waals surface area contributed by atoms with Gasteiger partial charge in [-0.25, -0.2) is 0 Å². The molecule has 1 N–H and O–H groups in total. The van der Waals surface area contributed by atoms with Gasteiger partial charge in [0.15, 0.2) is 0 Å². The lowest BCUT2D eigenvalue weighted by Crippen LogP contribution is -2.39. The van der Waals surface area contributed by atoms with Crippen molar-refractivity contribution >= 4 is 0 Å². The van der Waals surface area contributed by atoms with Crippen molar-refractivity contribution in [2.75, 3.05) is 40.3 Å². The molecule has 1 unspecified atom stereocenters. The second kappa shape index (κ2) is 6.88. The van der Waals surface area contributed by atoms with E-state index >= 15 is 0 Å². The SMILES string of the molecule is CC(CCNC1CC1)N(C)CC1CCN(C)CC1. The normalized spacial score (nSPS) is 24.7. The lowest BCUT2D eigenvalue weighted by Gasteiger charge is -2.34. The van der Waals surface area contributed by atoms with Gasteiger partial charge in [0.1, 0.15) is 0 Å². The van der Waals surface area contributed by atoms with Crippen molar-refractivity contribution in [1.82, 2.24) is 15.1 Å². The van der Waals surface area contributed by atoms with Crippen LogP contribution in [0, 0.1) is 5.92 Å². The van der Waals surface area contributed by atoms with Crippen LogP contribution in [0.25, 0.3) is 0 Å². The van der Waals surface area contributed by atoms with Crippen LogP contribution in [0.4, 0.5) is 0 Å². The molecule has 106 valence electrons. The van der Waals surface area contributed by atoms with E-state index in [0.29, 0.717) is 0 Å². The topological polar surface area (TPSA) is 18.5 Å². The lowest BCUT2D eigenvalue weighted by molar-refractivity contribution is 0.151. The van der Waals surface area contributed by atoms with Crippen molar-refractivity contribution in [2.45, 2.75) is 51.1 Å². The van der Waals surface area contributed by atoms with Crippen LogP contribution in [0.15, 0.2) is 0 Å². The molecule has 0 aromatic heterocycles. The highest BCUT2D eigenvalue weighted by Crippen LogP contribution is 2.20. The molecule has 18 heavy (non-hydrogen) atoms. The minimum Gasteiger partial charge on any atom is -0.314 e. The van der Waals surface area contributed by atoms with Gasteiger partial charge in [-0.15, -0.1) is 0 Å². The van der Waals surface area contributed by atoms with Crippen LogP contribution >= 0.6 is 0 Å². The van der Waals surface area contributed by atoms with Crippen molar-refractivity contribution in [3.8, 4) is 0 Å². The highest BCUT2D eigenvalue weighted by atomic mass is 15.1. The zero-order valence-electron chi connectivity index (χ0n) is 12.5. The highest BCUT2D eigenvalue weighted by Gasteiger charge is 2.22. The van der Waals surface area contributed by atoms with Crippen LogP contribution in [0.5, 0.6) is 0 Å². The van der Waals surface area contributed by atoms with Crippen molar-refractivity contribution in [2.24, 2.45) is 5.92 Å². The average molecular weight is 253 g/mol. The summed E-state index contributed by atoms with van der Waals surface area (Å²) in [5.41, 5.74) is 0. The van der Waals surface area contributed by atoms with E-state index in [-0.39, 0.29) is 0 Å². The van der Waals surface area contributed by atoms with Crippen LogP contribution in [0.2, 0.25) is 0 Å². The summed E-state index contributed by atoms with van der Waals surface area (Å²) in [6, 6.07) is 1.58. The van der Waals surface area contributed by atoms with E-state index in [0.717, 1.165) is 18.0 Å². The monoisotopic (exact) mass is 253 g/mol. The Kier molecular flexibility index (Phi) is 5.46. The minimum absolute atomic E-state index is 0.718. The van der Waals surface area contributed by atoms with E-state index in [2.05, 4.69) is 36.1 Å². The van der Waals surface area contributed by atoms with Gasteiger partial charge in [-0.05, 0) is 78.7 Å². The molecular weight excluding hydrogens is 222 g/mol. The quantitative estimate of drug-likeness (QED) is 0.746. The average Bonchev–Trinajstić information content (AvgIpc) is 3.16. The standard InChI is InChI=1S/C15H31N3/c1-13(6-9-16-15-4-5-15)18(3)12-14-7-10-17(2)11-8-14/h13-16H,4-12H2,1-3H3. The number of nitrogens with one attached hydrogen (secondary N) is 1. The summed E-state index contributed by atoms with van der Waals surface area (Å²) in [4.78, 5) is 5.03. The fourth-order valence-corrected chi connectivity index (χ4v) is 2.84. The summed E-state index contributed by atoms with van der Waals surface area (Å²) in [5, 5.41) is 3.62. The van der Waals surface area contributed by atoms with Gasteiger partial charge in [-0.1, -0.05) is 0 Å². The van der Waals surface area contributed by atoms with E-state index in [4.69, 9.17) is 0 Å². The van der Waals surface area contributed by atoms with E-state index in [1.807, 2.05) is 0 Å². The first kappa shape index (κ1) is 14.3. The molecule has 1 saturated carbocycles. The Morgan fingerprint density at radius 3 is 2.50 bits per heavy atom. The van der Waals surface area contributed by atoms with Crippen molar-refractivity contribution < 1.29 is 0 Å². The summed E-state index contributed by atoms with van der Waals surface area (Å²) in [7, 11) is 4.55. The molecule has 0 aromatic carbocycles. The Morgan fingerprint density at radius 1 is 1.22 bits per heavy atom. The summed E-state index contributed by atoms with van der Waals surface area (Å²) >= 11 is 0. The Morgan fingerprint density at radius 2 is 1.89 bits per heavy atom. The van der Waals surface area contributed by atoms with Crippen molar-refractivity contribution in [1.29, 1.82) is 0 Å². The summed E-state index contributed by atoms with van der Waals surface area (Å²) < 4.78 is 0. The maximum Gasteiger partial charge on any atom is 0.00760 e. The zero-order valence-corrected chi connectivity index (χ0v) is 12.5. The first-order chi connectivity index (χ1) is 8.65. The van der Waals surface area contributed by atoms with Gasteiger partial charge in [0.05, 0.1) is 0 Å². The second-order valence-corrected chi connectivity index (χ2v) is 6.55. The van der Waals surface area contributed by atoms with Gasteiger partial charge < -0.3 is 15.1 Å². The zero-order chi connectivity index (χ0) is 13.0. The van der Waals surface area contributed by atoms with E-state index < -0.39 is 0 Å². The molecule has 1 aliphatic heterocycles. The third-order valence-electron chi connectivity index (χ3n) is 4.71. The van der Waals surface area contributed by atoms with Gasteiger partial charge in [-0.3, -0.25) is 0 Å². The van der Waals surface area contributed by atoms with E-state index in [9.17, 15) is 0 Å². The predicted octanol–water partition coefficient (Wildman–Crippen LogP) is 1.79. The third kappa shape index (κ3) is 4.87. The molecule has 0 bridgehead atoms. The van der Waals surface area contributed by atoms with Crippen LogP contribution in [0.3, 0.4) is 0 Å². The Hall–Kier alpha value is -0.120. The Labute approximate surface area is 113 Å². The predicted molar refractivity (Wildman–Crippen MR) is 78.0 cm³/mol. The van der Waals surface area contributed by atoms with Crippen LogP contribution in [-0.2, 0) is 0 Å². The molecule has 0 spiro atoms. The molecule has 0 aromatic rings. The third-order valence-corrected chi connectivity index (χ3v) is 4.71. The van der Waals surface area contributed by atoms with Gasteiger partial charge in [0, 0.05) is 18.6 Å². The molecule has 1 aliphatic carbocycles. The summed E-state index contributed by atoms with van der Waals surface area (Å²) in [5.74, 6) is 0.921. The second-order valence-electron chi connectivity index (χ2n) is 6.55. The number of hydrogen-bond donors (Lipinski definition) is 1. The van der Waals surface area contributed by atoms with Crippen LogP contribution < -0.4 is 5.32 Å². The van der Waals surface area contributed by atoms with Gasteiger partial charge in [0.2, 0.25) is 0 Å². The molecular formula is C15H31N3. The Bertz CT molecular complexity index is 232. The molecule has 1 atom stereocenters. The number of piperidine rings is 1. The molecule has 3 heteroatoms. The summed E-state index contributed by atoms with van der Waals surface area (Å²) in [6.07, 6.45) is 6.86. The number of nitrogens with zero attached hydrogens (tertiary/aromatic N) is 2. The molecule has 0 radical (unpaired) electrons. The molecule has 2 aliphatic rings. The molecule has 2 rings (SSSR count). The van der Waals surface area contributed by atoms with E-state index in [1.54, 1.807) is 0 Å². The summed E-state index contributed by atoms with van der Waals surface area (Å²) in [6.45, 7) is 7.44. The maximum atomic E-state index is 3.62. The highest BCUT2D eigenvalue weighted by molar-refractivity contribution is 4.81. The lowest BCUT2D eigenvalue weighted by atomic mass is 9.96. The fourth-order valence-electron chi connectivity index (χ4n) is 2.84. The first-order valence-electron chi connectivity index (χ1n) is 7.77. The largest absolute Gasteiger partial charge is 0.314 e. The molecule has 2 fully saturated rings. The van der Waals surface area contributed by atoms with Gasteiger partial charge in [-0.2, -0.15) is 0 Å². The van der Waals surface area contributed by atoms with E-state index in [1.165, 1.54) is 58.3 Å².